The molecule has 0 bridgehead atoms. The summed E-state index contributed by atoms with van der Waals surface area (Å²) in [6, 6.07) is 35.1. The number of nitriles is 1. The average Bonchev–Trinajstić information content (AvgIpc) is 3.25. The van der Waals surface area contributed by atoms with Crippen LogP contribution in [0.1, 0.15) is 5.56 Å². The number of aromatic nitrogens is 2. The number of hydrogen-bond acceptors (Lipinski definition) is 3. The molecule has 0 atom stereocenters. The first-order chi connectivity index (χ1) is 15.3. The van der Waals surface area contributed by atoms with Crippen LogP contribution in [0.3, 0.4) is 0 Å². The third kappa shape index (κ3) is 3.30. The molecule has 0 aliphatic carbocycles. The number of benzene rings is 4. The number of para-hydroxylation sites is 1. The van der Waals surface area contributed by atoms with E-state index in [1.807, 2.05) is 77.7 Å². The number of thioether (sulfide) groups is 1. The number of hydrogen-bond donors (Lipinski definition) is 0. The van der Waals surface area contributed by atoms with E-state index in [2.05, 4.69) is 36.4 Å². The van der Waals surface area contributed by atoms with Gasteiger partial charge in [0, 0.05) is 15.8 Å². The van der Waals surface area contributed by atoms with E-state index in [4.69, 9.17) is 5.10 Å². The first kappa shape index (κ1) is 19.2. The van der Waals surface area contributed by atoms with Crippen LogP contribution < -0.4 is 0 Å². The molecular weight excluding hydrogens is 398 g/mol. The third-order valence-electron chi connectivity index (χ3n) is 5.38. The van der Waals surface area contributed by atoms with Crippen LogP contribution in [0.15, 0.2) is 102 Å². The molecule has 4 aromatic carbocycles. The van der Waals surface area contributed by atoms with Crippen LogP contribution in [-0.4, -0.2) is 16.0 Å². The predicted octanol–water partition coefficient (Wildman–Crippen LogP) is 6.95. The fourth-order valence-corrected chi connectivity index (χ4v) is 4.55. The Balaban J connectivity index is 1.99. The molecule has 5 rings (SSSR count). The summed E-state index contributed by atoms with van der Waals surface area (Å²) >= 11 is 1.59. The first-order valence-corrected chi connectivity index (χ1v) is 11.2. The van der Waals surface area contributed by atoms with Gasteiger partial charge in [-0.15, -0.1) is 11.8 Å². The summed E-state index contributed by atoms with van der Waals surface area (Å²) in [4.78, 5) is 0.950. The maximum atomic E-state index is 10.2. The molecule has 0 aliphatic rings. The van der Waals surface area contributed by atoms with E-state index in [0.717, 1.165) is 43.9 Å². The summed E-state index contributed by atoms with van der Waals surface area (Å²) in [5.74, 6) is 0. The van der Waals surface area contributed by atoms with E-state index < -0.39 is 0 Å². The first-order valence-electron chi connectivity index (χ1n) is 10.0. The molecule has 1 aromatic heterocycles. The van der Waals surface area contributed by atoms with Gasteiger partial charge < -0.3 is 0 Å². The average molecular weight is 418 g/mol. The minimum absolute atomic E-state index is 0.653. The lowest BCUT2D eigenvalue weighted by atomic mass is 9.95. The molecule has 4 heteroatoms. The van der Waals surface area contributed by atoms with E-state index in [1.54, 1.807) is 11.8 Å². The van der Waals surface area contributed by atoms with Crippen LogP contribution in [0.2, 0.25) is 0 Å². The van der Waals surface area contributed by atoms with E-state index >= 15 is 0 Å². The van der Waals surface area contributed by atoms with Gasteiger partial charge in [0.05, 0.1) is 16.8 Å². The van der Waals surface area contributed by atoms with Crippen LogP contribution in [-0.2, 0) is 0 Å². The van der Waals surface area contributed by atoms with Crippen molar-refractivity contribution in [3.05, 3.63) is 103 Å². The van der Waals surface area contributed by atoms with Crippen molar-refractivity contribution in [1.82, 2.24) is 9.78 Å². The molecule has 0 saturated heterocycles. The van der Waals surface area contributed by atoms with Crippen molar-refractivity contribution < 1.29 is 0 Å². The minimum atomic E-state index is 0.653. The summed E-state index contributed by atoms with van der Waals surface area (Å²) in [6.45, 7) is 0. The van der Waals surface area contributed by atoms with Gasteiger partial charge >= 0.3 is 0 Å². The highest BCUT2D eigenvalue weighted by Crippen LogP contribution is 2.42. The van der Waals surface area contributed by atoms with Gasteiger partial charge in [-0.2, -0.15) is 10.4 Å². The topological polar surface area (TPSA) is 41.6 Å². The summed E-state index contributed by atoms with van der Waals surface area (Å²) in [6.07, 6.45) is 2.01. The smallest absolute Gasteiger partial charge is 0.103 e. The van der Waals surface area contributed by atoms with Gasteiger partial charge in [0.2, 0.25) is 0 Å². The second-order valence-electron chi connectivity index (χ2n) is 7.16. The monoisotopic (exact) mass is 417 g/mol. The second-order valence-corrected chi connectivity index (χ2v) is 8.01. The molecule has 0 spiro atoms. The molecule has 3 nitrogen and oxygen atoms in total. The molecule has 0 saturated carbocycles. The molecule has 0 unspecified atom stereocenters. The largest absolute Gasteiger partial charge is 0.231 e. The lowest BCUT2D eigenvalue weighted by Gasteiger charge is -2.12. The van der Waals surface area contributed by atoms with Gasteiger partial charge in [0.25, 0.3) is 0 Å². The lowest BCUT2D eigenvalue weighted by molar-refractivity contribution is 0.912. The van der Waals surface area contributed by atoms with Crippen molar-refractivity contribution >= 4 is 22.7 Å². The Morgan fingerprint density at radius 2 is 1.39 bits per heavy atom. The highest BCUT2D eigenvalue weighted by molar-refractivity contribution is 7.98. The molecule has 148 valence electrons. The van der Waals surface area contributed by atoms with E-state index in [-0.39, 0.29) is 0 Å². The van der Waals surface area contributed by atoms with Gasteiger partial charge in [0.1, 0.15) is 11.8 Å². The van der Waals surface area contributed by atoms with Crippen LogP contribution in [0, 0.1) is 11.3 Å². The number of fused-ring (bicyclic) bond motifs is 1. The molecule has 0 aliphatic heterocycles. The van der Waals surface area contributed by atoms with Gasteiger partial charge in [-0.3, -0.25) is 0 Å². The Morgan fingerprint density at radius 1 is 0.806 bits per heavy atom. The SMILES string of the molecule is CSc1cc(-c2ccccc2)c2c(-c3ccccc3)nn(-c3ccccc3)c2c1C#N. The van der Waals surface area contributed by atoms with Gasteiger partial charge in [0.15, 0.2) is 0 Å². The summed E-state index contributed by atoms with van der Waals surface area (Å²) in [7, 11) is 0. The molecule has 0 fully saturated rings. The standard InChI is InChI=1S/C27H19N3S/c1-31-24-17-22(19-11-5-2-6-12-19)25-26(20-13-7-3-8-14-20)29-30(27(25)23(24)18-28)21-15-9-4-10-16-21/h2-17H,1H3. The third-order valence-corrected chi connectivity index (χ3v) is 6.14. The molecule has 1 heterocycles. The van der Waals surface area contributed by atoms with Crippen molar-refractivity contribution in [2.75, 3.05) is 6.26 Å². The zero-order chi connectivity index (χ0) is 21.2. The second kappa shape index (κ2) is 8.14. The van der Waals surface area contributed by atoms with Crippen LogP contribution in [0.4, 0.5) is 0 Å². The normalized spacial score (nSPS) is 10.8. The van der Waals surface area contributed by atoms with E-state index in [1.165, 1.54) is 0 Å². The minimum Gasteiger partial charge on any atom is -0.231 e. The Morgan fingerprint density at radius 3 is 1.97 bits per heavy atom. The molecule has 0 amide bonds. The Bertz CT molecular complexity index is 1400. The molecule has 0 N–H and O–H groups in total. The molecular formula is C27H19N3S. The highest BCUT2D eigenvalue weighted by atomic mass is 32.2. The van der Waals surface area contributed by atoms with Gasteiger partial charge in [-0.1, -0.05) is 78.9 Å². The summed E-state index contributed by atoms with van der Waals surface area (Å²) in [5.41, 5.74) is 6.53. The summed E-state index contributed by atoms with van der Waals surface area (Å²) in [5, 5.41) is 16.2. The molecule has 5 aromatic rings. The molecule has 0 radical (unpaired) electrons. The van der Waals surface area contributed by atoms with Crippen LogP contribution >= 0.6 is 11.8 Å². The van der Waals surface area contributed by atoms with Gasteiger partial charge in [-0.05, 0) is 35.6 Å². The zero-order valence-corrected chi connectivity index (χ0v) is 17.8. The van der Waals surface area contributed by atoms with Crippen molar-refractivity contribution in [3.63, 3.8) is 0 Å². The van der Waals surface area contributed by atoms with Gasteiger partial charge in [-0.25, -0.2) is 4.68 Å². The lowest BCUT2D eigenvalue weighted by Crippen LogP contribution is -1.99. The highest BCUT2D eigenvalue weighted by Gasteiger charge is 2.23. The predicted molar refractivity (Wildman–Crippen MR) is 128 cm³/mol. The Hall–Kier alpha value is -3.81. The number of nitrogens with zero attached hydrogens (tertiary/aromatic N) is 3. The quantitative estimate of drug-likeness (QED) is 0.297. The number of rotatable bonds is 4. The maximum absolute atomic E-state index is 10.2. The maximum Gasteiger partial charge on any atom is 0.103 e. The van der Waals surface area contributed by atoms with Crippen molar-refractivity contribution in [3.8, 4) is 34.1 Å². The van der Waals surface area contributed by atoms with Crippen molar-refractivity contribution in [1.29, 1.82) is 5.26 Å². The summed E-state index contributed by atoms with van der Waals surface area (Å²) < 4.78 is 1.92. The van der Waals surface area contributed by atoms with Crippen molar-refractivity contribution in [2.45, 2.75) is 4.90 Å². The zero-order valence-electron chi connectivity index (χ0n) is 17.0. The van der Waals surface area contributed by atoms with Crippen molar-refractivity contribution in [2.24, 2.45) is 0 Å². The Kier molecular flexibility index (Phi) is 5.03. The van der Waals surface area contributed by atoms with E-state index in [9.17, 15) is 5.26 Å². The van der Waals surface area contributed by atoms with Crippen LogP contribution in [0.5, 0.6) is 0 Å². The fraction of sp³-hybridized carbons (Fsp3) is 0.0370. The fourth-order valence-electron chi connectivity index (χ4n) is 3.96. The molecule has 31 heavy (non-hydrogen) atoms. The Labute approximate surface area is 185 Å². The van der Waals surface area contributed by atoms with E-state index in [0.29, 0.717) is 5.56 Å². The van der Waals surface area contributed by atoms with Crippen LogP contribution in [0.25, 0.3) is 39.0 Å².